The molecule has 1 fully saturated rings. The number of aromatic nitrogens is 2. The van der Waals surface area contributed by atoms with Crippen LogP contribution in [0, 0.1) is 6.33 Å². The van der Waals surface area contributed by atoms with Gasteiger partial charge in [0.25, 0.3) is 0 Å². The fourth-order valence-electron chi connectivity index (χ4n) is 2.23. The molecule has 1 saturated heterocycles. The van der Waals surface area contributed by atoms with Crippen LogP contribution in [0.5, 0.6) is 0 Å². The predicted molar refractivity (Wildman–Crippen MR) is 71.4 cm³/mol. The Hall–Kier alpha value is -1.94. The highest BCUT2D eigenvalue weighted by Crippen LogP contribution is 2.27. The molecule has 4 nitrogen and oxygen atoms in total. The molecule has 3 rings (SSSR count). The van der Waals surface area contributed by atoms with Gasteiger partial charge in [0, 0.05) is 31.7 Å². The SMILES string of the molecule is [c]1ncc(N2CCNCC2)c(-c2ccccc2)n1. The number of anilines is 1. The number of hydrogen-bond donors (Lipinski definition) is 1. The molecule has 0 unspecified atom stereocenters. The van der Waals surface area contributed by atoms with Crippen LogP contribution >= 0.6 is 0 Å². The molecule has 0 spiro atoms. The highest BCUT2D eigenvalue weighted by Gasteiger charge is 2.16. The van der Waals surface area contributed by atoms with Crippen LogP contribution in [0.1, 0.15) is 0 Å². The van der Waals surface area contributed by atoms with E-state index in [1.54, 1.807) is 0 Å². The number of nitrogens with one attached hydrogen (secondary N) is 1. The second-order valence-electron chi connectivity index (χ2n) is 4.31. The van der Waals surface area contributed by atoms with Gasteiger partial charge in [-0.2, -0.15) is 0 Å². The van der Waals surface area contributed by atoms with Crippen molar-refractivity contribution in [1.29, 1.82) is 0 Å². The van der Waals surface area contributed by atoms with Gasteiger partial charge in [0.05, 0.1) is 17.6 Å². The Labute approximate surface area is 107 Å². The van der Waals surface area contributed by atoms with E-state index in [4.69, 9.17) is 0 Å². The minimum Gasteiger partial charge on any atom is -0.366 e. The summed E-state index contributed by atoms with van der Waals surface area (Å²) in [5.41, 5.74) is 3.18. The van der Waals surface area contributed by atoms with Gasteiger partial charge >= 0.3 is 0 Å². The van der Waals surface area contributed by atoms with Crippen molar-refractivity contribution in [2.45, 2.75) is 0 Å². The Balaban J connectivity index is 1.99. The van der Waals surface area contributed by atoms with Crippen LogP contribution in [-0.4, -0.2) is 36.1 Å². The first-order valence-electron chi connectivity index (χ1n) is 6.19. The molecule has 0 amide bonds. The number of hydrogen-bond acceptors (Lipinski definition) is 4. The first-order chi connectivity index (χ1) is 8.95. The molecule has 91 valence electrons. The van der Waals surface area contributed by atoms with Crippen molar-refractivity contribution < 1.29 is 0 Å². The zero-order valence-electron chi connectivity index (χ0n) is 10.1. The van der Waals surface area contributed by atoms with E-state index in [0.29, 0.717) is 0 Å². The Bertz CT molecular complexity index is 506. The van der Waals surface area contributed by atoms with Crippen molar-refractivity contribution in [3.63, 3.8) is 0 Å². The predicted octanol–water partition coefficient (Wildman–Crippen LogP) is 1.35. The minimum atomic E-state index is 0.965. The Morgan fingerprint density at radius 3 is 2.67 bits per heavy atom. The average Bonchev–Trinajstić information content (AvgIpc) is 2.49. The maximum absolute atomic E-state index is 4.33. The van der Waals surface area contributed by atoms with E-state index < -0.39 is 0 Å². The Morgan fingerprint density at radius 1 is 1.11 bits per heavy atom. The Morgan fingerprint density at radius 2 is 1.89 bits per heavy atom. The summed E-state index contributed by atoms with van der Waals surface area (Å²) in [6, 6.07) is 10.2. The summed E-state index contributed by atoms with van der Waals surface area (Å²) < 4.78 is 0. The molecule has 4 heteroatoms. The van der Waals surface area contributed by atoms with E-state index in [1.807, 2.05) is 24.4 Å². The van der Waals surface area contributed by atoms with Crippen LogP contribution in [-0.2, 0) is 0 Å². The van der Waals surface area contributed by atoms with Gasteiger partial charge in [-0.1, -0.05) is 30.3 Å². The summed E-state index contributed by atoms with van der Waals surface area (Å²) in [4.78, 5) is 10.7. The molecule has 1 aliphatic heterocycles. The molecule has 2 aromatic rings. The van der Waals surface area contributed by atoms with Gasteiger partial charge in [-0.3, -0.25) is 0 Å². The zero-order chi connectivity index (χ0) is 12.2. The molecular weight excluding hydrogens is 224 g/mol. The van der Waals surface area contributed by atoms with Crippen LogP contribution < -0.4 is 10.2 Å². The van der Waals surface area contributed by atoms with Crippen molar-refractivity contribution in [2.24, 2.45) is 0 Å². The van der Waals surface area contributed by atoms with Gasteiger partial charge < -0.3 is 10.2 Å². The van der Waals surface area contributed by atoms with Crippen LogP contribution in [0.2, 0.25) is 0 Å². The van der Waals surface area contributed by atoms with Crippen LogP contribution in [0.3, 0.4) is 0 Å². The fraction of sp³-hybridized carbons (Fsp3) is 0.286. The van der Waals surface area contributed by atoms with Crippen molar-refractivity contribution >= 4 is 5.69 Å². The number of rotatable bonds is 2. The van der Waals surface area contributed by atoms with E-state index in [9.17, 15) is 0 Å². The first kappa shape index (κ1) is 11.2. The van der Waals surface area contributed by atoms with Gasteiger partial charge in [-0.25, -0.2) is 9.97 Å². The third-order valence-electron chi connectivity index (χ3n) is 3.15. The second-order valence-corrected chi connectivity index (χ2v) is 4.31. The summed E-state index contributed by atoms with van der Waals surface area (Å²) in [5.74, 6) is 0. The summed E-state index contributed by atoms with van der Waals surface area (Å²) in [5, 5.41) is 3.35. The number of benzene rings is 1. The van der Waals surface area contributed by atoms with E-state index in [1.165, 1.54) is 0 Å². The molecule has 1 aliphatic rings. The maximum atomic E-state index is 4.33. The maximum Gasteiger partial charge on any atom is 0.198 e. The zero-order valence-corrected chi connectivity index (χ0v) is 10.1. The van der Waals surface area contributed by atoms with Crippen molar-refractivity contribution in [2.75, 3.05) is 31.1 Å². The summed E-state index contributed by atoms with van der Waals surface area (Å²) in [6.07, 6.45) is 4.56. The van der Waals surface area contributed by atoms with Gasteiger partial charge in [-0.15, -0.1) is 0 Å². The molecular formula is C14H15N4. The van der Waals surface area contributed by atoms with Crippen LogP contribution in [0.15, 0.2) is 36.5 Å². The third kappa shape index (κ3) is 2.19. The number of nitrogens with zero attached hydrogens (tertiary/aromatic N) is 3. The van der Waals surface area contributed by atoms with Crippen LogP contribution in [0.4, 0.5) is 5.69 Å². The Kier molecular flexibility index (Phi) is 3.19. The summed E-state index contributed by atoms with van der Waals surface area (Å²) in [7, 11) is 0. The molecule has 0 aliphatic carbocycles. The lowest BCUT2D eigenvalue weighted by Crippen LogP contribution is -2.43. The van der Waals surface area contributed by atoms with Crippen molar-refractivity contribution in [1.82, 2.24) is 15.3 Å². The lowest BCUT2D eigenvalue weighted by Gasteiger charge is -2.30. The van der Waals surface area contributed by atoms with Crippen LogP contribution in [0.25, 0.3) is 11.3 Å². The first-order valence-corrected chi connectivity index (χ1v) is 6.19. The quantitative estimate of drug-likeness (QED) is 0.859. The lowest BCUT2D eigenvalue weighted by atomic mass is 10.1. The van der Waals surface area contributed by atoms with E-state index in [-0.39, 0.29) is 0 Å². The molecule has 1 N–H and O–H groups in total. The molecule has 1 aromatic heterocycles. The normalized spacial score (nSPS) is 15.7. The molecule has 1 radical (unpaired) electrons. The lowest BCUT2D eigenvalue weighted by molar-refractivity contribution is 0.588. The van der Waals surface area contributed by atoms with Gasteiger partial charge in [0.2, 0.25) is 0 Å². The van der Waals surface area contributed by atoms with Crippen molar-refractivity contribution in [3.05, 3.63) is 42.9 Å². The van der Waals surface area contributed by atoms with E-state index in [0.717, 1.165) is 43.1 Å². The van der Waals surface area contributed by atoms with Gasteiger partial charge in [0.1, 0.15) is 0 Å². The monoisotopic (exact) mass is 239 g/mol. The summed E-state index contributed by atoms with van der Waals surface area (Å²) in [6.45, 7) is 4.00. The van der Waals surface area contributed by atoms with Gasteiger partial charge in [-0.05, 0) is 0 Å². The molecule has 0 saturated carbocycles. The third-order valence-corrected chi connectivity index (χ3v) is 3.15. The molecule has 1 aromatic carbocycles. The van der Waals surface area contributed by atoms with Gasteiger partial charge in [0.15, 0.2) is 6.33 Å². The topological polar surface area (TPSA) is 41.1 Å². The van der Waals surface area contributed by atoms with E-state index in [2.05, 4.69) is 38.6 Å². The number of piperazine rings is 1. The summed E-state index contributed by atoms with van der Waals surface area (Å²) >= 11 is 0. The molecule has 2 heterocycles. The molecule has 18 heavy (non-hydrogen) atoms. The molecule has 0 bridgehead atoms. The average molecular weight is 239 g/mol. The fourth-order valence-corrected chi connectivity index (χ4v) is 2.23. The minimum absolute atomic E-state index is 0.965. The smallest absolute Gasteiger partial charge is 0.198 e. The highest BCUT2D eigenvalue weighted by atomic mass is 15.2. The largest absolute Gasteiger partial charge is 0.366 e. The standard InChI is InChI=1S/C14H15N4/c1-2-4-12(5-3-1)14-13(10-16-11-17-14)18-8-6-15-7-9-18/h1-5,10,15H,6-9H2. The van der Waals surface area contributed by atoms with Crippen molar-refractivity contribution in [3.8, 4) is 11.3 Å². The highest BCUT2D eigenvalue weighted by molar-refractivity contribution is 5.74. The second kappa shape index (κ2) is 5.14. The molecule has 0 atom stereocenters. The van der Waals surface area contributed by atoms with E-state index >= 15 is 0 Å².